The highest BCUT2D eigenvalue weighted by Crippen LogP contribution is 2.38. The number of fused-ring (bicyclic) bond motifs is 5. The summed E-state index contributed by atoms with van der Waals surface area (Å²) in [6, 6.07) is 20.3. The van der Waals surface area contributed by atoms with Crippen molar-refractivity contribution < 1.29 is 19.4 Å². The lowest BCUT2D eigenvalue weighted by atomic mass is 9.96. The normalized spacial score (nSPS) is 18.3. The first-order valence-corrected chi connectivity index (χ1v) is 14.8. The number of aromatic nitrogens is 1. The number of halogens is 2. The molecule has 0 aliphatic carbocycles. The third-order valence-corrected chi connectivity index (χ3v) is 8.57. The molecule has 1 aliphatic heterocycles. The van der Waals surface area contributed by atoms with Crippen LogP contribution in [0.25, 0.3) is 22.0 Å². The number of carbonyl (C=O) groups is 2. The molecule has 0 unspecified atom stereocenters. The number of benzene rings is 3. The summed E-state index contributed by atoms with van der Waals surface area (Å²) in [5, 5.41) is 11.9. The van der Waals surface area contributed by atoms with Crippen LogP contribution in [-0.2, 0) is 18.4 Å². The third-order valence-electron chi connectivity index (χ3n) is 8.14. The van der Waals surface area contributed by atoms with E-state index in [1.807, 2.05) is 74.0 Å². The number of aryl methyl sites for hydroxylation is 1. The van der Waals surface area contributed by atoms with Crippen LogP contribution >= 0.6 is 23.2 Å². The van der Waals surface area contributed by atoms with Crippen molar-refractivity contribution in [1.29, 1.82) is 0 Å². The maximum Gasteiger partial charge on any atom is 0.271 e. The van der Waals surface area contributed by atoms with Crippen molar-refractivity contribution in [1.82, 2.24) is 14.4 Å². The molecule has 9 heteroatoms. The Kier molecular flexibility index (Phi) is 8.94. The number of rotatable bonds is 5. The second-order valence-corrected chi connectivity index (χ2v) is 12.0. The van der Waals surface area contributed by atoms with Gasteiger partial charge in [-0.15, -0.1) is 0 Å². The van der Waals surface area contributed by atoms with Crippen LogP contribution in [0, 0.1) is 5.92 Å². The molecule has 220 valence electrons. The van der Waals surface area contributed by atoms with Crippen LogP contribution in [0.1, 0.15) is 40.3 Å². The molecule has 5 rings (SSSR count). The molecule has 0 fully saturated rings. The summed E-state index contributed by atoms with van der Waals surface area (Å²) in [4.78, 5) is 31.1. The molecular weight excluding hydrogens is 573 g/mol. The Morgan fingerprint density at radius 3 is 2.48 bits per heavy atom. The van der Waals surface area contributed by atoms with Crippen molar-refractivity contribution in [3.05, 3.63) is 93.6 Å². The number of aliphatic hydroxyl groups is 1. The van der Waals surface area contributed by atoms with Gasteiger partial charge in [0.15, 0.2) is 0 Å². The van der Waals surface area contributed by atoms with Gasteiger partial charge in [0.2, 0.25) is 0 Å². The van der Waals surface area contributed by atoms with Crippen molar-refractivity contribution >= 4 is 45.9 Å². The van der Waals surface area contributed by atoms with Gasteiger partial charge in [-0.05, 0) is 42.3 Å². The zero-order chi connectivity index (χ0) is 30.1. The number of ether oxygens (including phenoxy) is 1. The Bertz CT molecular complexity index is 1610. The highest BCUT2D eigenvalue weighted by molar-refractivity contribution is 6.35. The average molecular weight is 609 g/mol. The van der Waals surface area contributed by atoms with E-state index in [0.29, 0.717) is 34.5 Å². The predicted molar refractivity (Wildman–Crippen MR) is 167 cm³/mol. The van der Waals surface area contributed by atoms with Crippen molar-refractivity contribution in [3.63, 3.8) is 0 Å². The largest absolute Gasteiger partial charge is 0.394 e. The third kappa shape index (κ3) is 5.79. The summed E-state index contributed by atoms with van der Waals surface area (Å²) >= 11 is 12.3. The van der Waals surface area contributed by atoms with Crippen molar-refractivity contribution in [2.75, 3.05) is 26.7 Å². The van der Waals surface area contributed by atoms with Crippen LogP contribution in [0.5, 0.6) is 0 Å². The predicted octanol–water partition coefficient (Wildman–Crippen LogP) is 6.28. The molecule has 0 saturated heterocycles. The maximum absolute atomic E-state index is 14.5. The summed E-state index contributed by atoms with van der Waals surface area (Å²) in [5.41, 5.74) is 4.62. The summed E-state index contributed by atoms with van der Waals surface area (Å²) in [6.45, 7) is 4.56. The van der Waals surface area contributed by atoms with Gasteiger partial charge < -0.3 is 24.2 Å². The monoisotopic (exact) mass is 607 g/mol. The standard InChI is InChI=1S/C33H35Cl2N3O4/c1-20-16-38(21(2)18-39)33(41)31-30(27-11-7-8-12-28(27)37(31)4)26-10-6-5-9-22(26)19-42-29(20)17-36(3)32(40)23-13-24(34)15-25(35)14-23/h5-15,20-21,29,39H,16-19H2,1-4H3/t20-,21+,29-/m1/s1. The molecule has 1 aromatic heterocycles. The fourth-order valence-electron chi connectivity index (χ4n) is 5.78. The molecule has 3 atom stereocenters. The van der Waals surface area contributed by atoms with Crippen LogP contribution in [0.3, 0.4) is 0 Å². The van der Waals surface area contributed by atoms with Gasteiger partial charge in [0.25, 0.3) is 11.8 Å². The molecule has 0 spiro atoms. The number of hydrogen-bond acceptors (Lipinski definition) is 4. The first-order valence-electron chi connectivity index (χ1n) is 14.0. The molecule has 3 aromatic carbocycles. The molecule has 0 radical (unpaired) electrons. The van der Waals surface area contributed by atoms with Crippen LogP contribution in [0.4, 0.5) is 0 Å². The number of amides is 2. The number of aliphatic hydroxyl groups excluding tert-OH is 1. The van der Waals surface area contributed by atoms with Gasteiger partial charge in [0.05, 0.1) is 25.4 Å². The summed E-state index contributed by atoms with van der Waals surface area (Å²) in [7, 11) is 3.63. The Balaban J connectivity index is 1.58. The Hall–Kier alpha value is -3.36. The van der Waals surface area contributed by atoms with E-state index in [0.717, 1.165) is 27.6 Å². The van der Waals surface area contributed by atoms with E-state index in [9.17, 15) is 14.7 Å². The molecule has 2 amide bonds. The van der Waals surface area contributed by atoms with Crippen LogP contribution in [0.15, 0.2) is 66.7 Å². The van der Waals surface area contributed by atoms with E-state index in [-0.39, 0.29) is 30.9 Å². The van der Waals surface area contributed by atoms with Crippen LogP contribution in [-0.4, -0.2) is 70.2 Å². The zero-order valence-corrected chi connectivity index (χ0v) is 25.7. The minimum atomic E-state index is -0.435. The van der Waals surface area contributed by atoms with Crippen molar-refractivity contribution in [3.8, 4) is 11.1 Å². The first kappa shape index (κ1) is 30.1. The minimum absolute atomic E-state index is 0.162. The van der Waals surface area contributed by atoms with Gasteiger partial charge in [-0.25, -0.2) is 0 Å². The van der Waals surface area contributed by atoms with E-state index in [2.05, 4.69) is 0 Å². The smallest absolute Gasteiger partial charge is 0.271 e. The summed E-state index contributed by atoms with van der Waals surface area (Å²) in [6.07, 6.45) is -0.416. The average Bonchev–Trinajstić information content (AvgIpc) is 3.27. The van der Waals surface area contributed by atoms with E-state index < -0.39 is 12.1 Å². The van der Waals surface area contributed by atoms with Gasteiger partial charge in [0.1, 0.15) is 5.69 Å². The van der Waals surface area contributed by atoms with E-state index in [1.165, 1.54) is 0 Å². The SMILES string of the molecule is C[C@@H]1CN([C@@H](C)CO)C(=O)c2c(c3ccccc3n2C)-c2ccccc2CO[C@@H]1CN(C)C(=O)c1cc(Cl)cc(Cl)c1. The fourth-order valence-corrected chi connectivity index (χ4v) is 6.30. The second kappa shape index (κ2) is 12.5. The Morgan fingerprint density at radius 1 is 1.10 bits per heavy atom. The lowest BCUT2D eigenvalue weighted by molar-refractivity contribution is -0.0210. The second-order valence-electron chi connectivity index (χ2n) is 11.1. The molecular formula is C33H35Cl2N3O4. The Morgan fingerprint density at radius 2 is 1.76 bits per heavy atom. The van der Waals surface area contributed by atoms with Gasteiger partial charge in [-0.3, -0.25) is 9.59 Å². The number of likely N-dealkylation sites (N-methyl/N-ethyl adjacent to an activating group) is 1. The lowest BCUT2D eigenvalue weighted by Gasteiger charge is -2.35. The van der Waals surface area contributed by atoms with Crippen molar-refractivity contribution in [2.24, 2.45) is 13.0 Å². The first-order chi connectivity index (χ1) is 20.1. The molecule has 0 bridgehead atoms. The van der Waals surface area contributed by atoms with Gasteiger partial charge >= 0.3 is 0 Å². The van der Waals surface area contributed by atoms with E-state index in [4.69, 9.17) is 27.9 Å². The molecule has 7 nitrogen and oxygen atoms in total. The van der Waals surface area contributed by atoms with Gasteiger partial charge in [0, 0.05) is 65.2 Å². The number of hydrogen-bond donors (Lipinski definition) is 1. The quantitative estimate of drug-likeness (QED) is 0.290. The van der Waals surface area contributed by atoms with Crippen molar-refractivity contribution in [2.45, 2.75) is 32.6 Å². The molecule has 4 aromatic rings. The van der Waals surface area contributed by atoms with Gasteiger partial charge in [-0.2, -0.15) is 0 Å². The highest BCUT2D eigenvalue weighted by atomic mass is 35.5. The van der Waals surface area contributed by atoms with Gasteiger partial charge in [-0.1, -0.05) is 72.6 Å². The van der Waals surface area contributed by atoms with E-state index >= 15 is 0 Å². The summed E-state index contributed by atoms with van der Waals surface area (Å²) < 4.78 is 8.54. The molecule has 1 N–H and O–H groups in total. The zero-order valence-electron chi connectivity index (χ0n) is 24.2. The molecule has 1 aliphatic rings. The number of carbonyl (C=O) groups excluding carboxylic acids is 2. The lowest BCUT2D eigenvalue weighted by Crippen LogP contribution is -2.48. The highest BCUT2D eigenvalue weighted by Gasteiger charge is 2.34. The molecule has 2 heterocycles. The topological polar surface area (TPSA) is 75.0 Å². The Labute approximate surface area is 256 Å². The van der Waals surface area contributed by atoms with Crippen LogP contribution in [0.2, 0.25) is 10.0 Å². The van der Waals surface area contributed by atoms with Crippen LogP contribution < -0.4 is 0 Å². The van der Waals surface area contributed by atoms with E-state index in [1.54, 1.807) is 35.0 Å². The maximum atomic E-state index is 14.5. The molecule has 42 heavy (non-hydrogen) atoms. The minimum Gasteiger partial charge on any atom is -0.394 e. The summed E-state index contributed by atoms with van der Waals surface area (Å²) in [5.74, 6) is -0.574. The number of nitrogens with zero attached hydrogens (tertiary/aromatic N) is 3. The number of para-hydroxylation sites is 1. The molecule has 0 saturated carbocycles. The fraction of sp³-hybridized carbons (Fsp3) is 0.333.